The number of likely N-dealkylation sites (tertiary alicyclic amines) is 1. The van der Waals surface area contributed by atoms with Crippen LogP contribution in [0.1, 0.15) is 25.7 Å². The number of anilines is 1. The van der Waals surface area contributed by atoms with Gasteiger partial charge in [-0.25, -0.2) is 0 Å². The van der Waals surface area contributed by atoms with Gasteiger partial charge in [0, 0.05) is 29.8 Å². The fourth-order valence-electron chi connectivity index (χ4n) is 3.59. The van der Waals surface area contributed by atoms with Crippen LogP contribution in [-0.2, 0) is 0 Å². The first-order valence-corrected chi connectivity index (χ1v) is 9.85. The van der Waals surface area contributed by atoms with Gasteiger partial charge in [-0.1, -0.05) is 18.0 Å². The van der Waals surface area contributed by atoms with E-state index in [1.165, 1.54) is 18.2 Å². The standard InChI is InChI=1S/C18H28N6O6/c19-22-21-12-5-6-14(24(29)30)13(9-12)20-7-3-1-2-4-8-23-10-16(26)18(28)17(27)15(23)11-25/h5-6,9,15-18,20,25-28H,1-4,7-8,10-11H2. The molecular formula is C18H28N6O6. The molecule has 1 heterocycles. The van der Waals surface area contributed by atoms with Crippen LogP contribution in [0.2, 0.25) is 0 Å². The van der Waals surface area contributed by atoms with Crippen molar-refractivity contribution in [2.75, 3.05) is 31.6 Å². The van der Waals surface area contributed by atoms with Crippen molar-refractivity contribution in [1.82, 2.24) is 4.90 Å². The van der Waals surface area contributed by atoms with E-state index in [4.69, 9.17) is 5.53 Å². The molecule has 0 radical (unpaired) electrons. The Hall–Kier alpha value is -2.47. The van der Waals surface area contributed by atoms with Crippen LogP contribution in [0, 0.1) is 10.1 Å². The van der Waals surface area contributed by atoms with Gasteiger partial charge >= 0.3 is 0 Å². The number of benzene rings is 1. The van der Waals surface area contributed by atoms with Crippen molar-refractivity contribution in [2.45, 2.75) is 50.0 Å². The molecule has 12 heteroatoms. The van der Waals surface area contributed by atoms with Crippen LogP contribution in [0.3, 0.4) is 0 Å². The first kappa shape index (κ1) is 23.8. The van der Waals surface area contributed by atoms with Crippen molar-refractivity contribution in [2.24, 2.45) is 5.11 Å². The Morgan fingerprint density at radius 1 is 1.23 bits per heavy atom. The van der Waals surface area contributed by atoms with Gasteiger partial charge in [-0.3, -0.25) is 15.0 Å². The Balaban J connectivity index is 1.74. The molecule has 30 heavy (non-hydrogen) atoms. The summed E-state index contributed by atoms with van der Waals surface area (Å²) in [6.07, 6.45) is -0.266. The predicted molar refractivity (Wildman–Crippen MR) is 109 cm³/mol. The van der Waals surface area contributed by atoms with E-state index in [-0.39, 0.29) is 18.8 Å². The lowest BCUT2D eigenvalue weighted by Gasteiger charge is -2.43. The second-order valence-corrected chi connectivity index (χ2v) is 7.28. The second-order valence-electron chi connectivity index (χ2n) is 7.28. The summed E-state index contributed by atoms with van der Waals surface area (Å²) in [5.74, 6) is 0. The summed E-state index contributed by atoms with van der Waals surface area (Å²) in [5, 5.41) is 56.5. The molecule has 1 aromatic rings. The molecular weight excluding hydrogens is 396 g/mol. The van der Waals surface area contributed by atoms with Gasteiger partial charge in [-0.2, -0.15) is 0 Å². The SMILES string of the molecule is [N-]=[N+]=Nc1ccc([N+](=O)[O-])c(NCCCCCCN2CC(O)C(O)C(O)C2CO)c1. The van der Waals surface area contributed by atoms with Crippen molar-refractivity contribution >= 4 is 17.1 Å². The third-order valence-electron chi connectivity index (χ3n) is 5.24. The minimum atomic E-state index is -1.26. The summed E-state index contributed by atoms with van der Waals surface area (Å²) in [6, 6.07) is 3.51. The van der Waals surface area contributed by atoms with Crippen molar-refractivity contribution < 1.29 is 25.3 Å². The predicted octanol–water partition coefficient (Wildman–Crippen LogP) is 1.27. The number of aliphatic hydroxyl groups is 4. The van der Waals surface area contributed by atoms with E-state index in [2.05, 4.69) is 15.3 Å². The highest BCUT2D eigenvalue weighted by atomic mass is 16.6. The quantitative estimate of drug-likeness (QED) is 0.0876. The van der Waals surface area contributed by atoms with Crippen LogP contribution < -0.4 is 5.32 Å². The third kappa shape index (κ3) is 6.26. The van der Waals surface area contributed by atoms with E-state index in [9.17, 15) is 30.5 Å². The monoisotopic (exact) mass is 424 g/mol. The molecule has 1 aliphatic rings. The van der Waals surface area contributed by atoms with Gasteiger partial charge in [-0.15, -0.1) is 0 Å². The number of azide groups is 1. The van der Waals surface area contributed by atoms with Crippen LogP contribution in [-0.4, -0.2) is 80.8 Å². The summed E-state index contributed by atoms with van der Waals surface area (Å²) in [4.78, 5) is 15.1. The number of unbranched alkanes of at least 4 members (excludes halogenated alkanes) is 3. The van der Waals surface area contributed by atoms with Gasteiger partial charge in [0.15, 0.2) is 0 Å². The number of aliphatic hydroxyl groups excluding tert-OH is 4. The number of hydrogen-bond donors (Lipinski definition) is 5. The molecule has 0 amide bonds. The van der Waals surface area contributed by atoms with E-state index in [0.717, 1.165) is 25.7 Å². The lowest BCUT2D eigenvalue weighted by atomic mass is 9.94. The van der Waals surface area contributed by atoms with Crippen LogP contribution >= 0.6 is 0 Å². The molecule has 4 unspecified atom stereocenters. The Labute approximate surface area is 173 Å². The van der Waals surface area contributed by atoms with Crippen LogP contribution in [0.4, 0.5) is 17.1 Å². The molecule has 1 aromatic carbocycles. The summed E-state index contributed by atoms with van der Waals surface area (Å²) >= 11 is 0. The molecule has 12 nitrogen and oxygen atoms in total. The summed E-state index contributed by atoms with van der Waals surface area (Å²) in [7, 11) is 0. The molecule has 0 bridgehead atoms. The largest absolute Gasteiger partial charge is 0.395 e. The number of nitrogens with one attached hydrogen (secondary N) is 1. The van der Waals surface area contributed by atoms with Crippen LogP contribution in [0.15, 0.2) is 23.3 Å². The third-order valence-corrected chi connectivity index (χ3v) is 5.24. The molecule has 0 aliphatic carbocycles. The van der Waals surface area contributed by atoms with E-state index in [1.54, 1.807) is 4.90 Å². The van der Waals surface area contributed by atoms with E-state index < -0.39 is 29.3 Å². The number of β-amino-alcohol motifs (C(OH)–C–C–N with tert-alkyl or cyclic N) is 1. The number of hydrogen-bond acceptors (Lipinski definition) is 9. The van der Waals surface area contributed by atoms with Crippen LogP contribution in [0.5, 0.6) is 0 Å². The topological polar surface area (TPSA) is 188 Å². The average molecular weight is 424 g/mol. The van der Waals surface area contributed by atoms with Crippen LogP contribution in [0.25, 0.3) is 10.4 Å². The molecule has 1 aliphatic heterocycles. The van der Waals surface area contributed by atoms with Gasteiger partial charge in [0.25, 0.3) is 5.69 Å². The highest BCUT2D eigenvalue weighted by molar-refractivity contribution is 5.67. The molecule has 5 N–H and O–H groups in total. The molecule has 0 spiro atoms. The Kier molecular flexibility index (Phi) is 9.24. The lowest BCUT2D eigenvalue weighted by molar-refractivity contribution is -0.383. The first-order chi connectivity index (χ1) is 14.4. The maximum Gasteiger partial charge on any atom is 0.292 e. The summed E-state index contributed by atoms with van der Waals surface area (Å²) in [5.41, 5.74) is 9.00. The first-order valence-electron chi connectivity index (χ1n) is 9.85. The summed E-state index contributed by atoms with van der Waals surface area (Å²) < 4.78 is 0. The Morgan fingerprint density at radius 3 is 2.63 bits per heavy atom. The molecule has 0 saturated carbocycles. The maximum atomic E-state index is 11.1. The summed E-state index contributed by atoms with van der Waals surface area (Å²) in [6.45, 7) is 0.963. The molecule has 166 valence electrons. The number of nitrogens with zero attached hydrogens (tertiary/aromatic N) is 5. The van der Waals surface area contributed by atoms with Gasteiger partial charge in [-0.05, 0) is 37.1 Å². The fourth-order valence-corrected chi connectivity index (χ4v) is 3.59. The zero-order valence-corrected chi connectivity index (χ0v) is 16.5. The highest BCUT2D eigenvalue weighted by Gasteiger charge is 2.40. The smallest absolute Gasteiger partial charge is 0.292 e. The molecule has 1 saturated heterocycles. The Morgan fingerprint density at radius 2 is 1.97 bits per heavy atom. The molecule has 0 aromatic heterocycles. The average Bonchev–Trinajstić information content (AvgIpc) is 2.71. The van der Waals surface area contributed by atoms with Crippen molar-refractivity contribution in [1.29, 1.82) is 0 Å². The van der Waals surface area contributed by atoms with E-state index >= 15 is 0 Å². The molecule has 4 atom stereocenters. The van der Waals surface area contributed by atoms with Gasteiger partial charge in [0.05, 0.1) is 23.7 Å². The number of nitro groups is 1. The zero-order chi connectivity index (χ0) is 22.1. The van der Waals surface area contributed by atoms with E-state index in [1.807, 2.05) is 0 Å². The number of nitro benzene ring substituents is 1. The highest BCUT2D eigenvalue weighted by Crippen LogP contribution is 2.29. The normalized spacial score (nSPS) is 24.3. The van der Waals surface area contributed by atoms with Gasteiger partial charge in [0.1, 0.15) is 17.9 Å². The van der Waals surface area contributed by atoms with Crippen molar-refractivity contribution in [3.05, 3.63) is 38.8 Å². The second kappa shape index (κ2) is 11.6. The number of rotatable bonds is 11. The minimum absolute atomic E-state index is 0.0914. The fraction of sp³-hybridized carbons (Fsp3) is 0.667. The van der Waals surface area contributed by atoms with Crippen molar-refractivity contribution in [3.8, 4) is 0 Å². The van der Waals surface area contributed by atoms with Crippen molar-refractivity contribution in [3.63, 3.8) is 0 Å². The molecule has 1 fully saturated rings. The van der Waals surface area contributed by atoms with Gasteiger partial charge in [0.2, 0.25) is 0 Å². The van der Waals surface area contributed by atoms with E-state index in [0.29, 0.717) is 24.5 Å². The number of piperidine rings is 1. The van der Waals surface area contributed by atoms with Gasteiger partial charge < -0.3 is 25.7 Å². The Bertz CT molecular complexity index is 759. The zero-order valence-electron chi connectivity index (χ0n) is 16.5. The maximum absolute atomic E-state index is 11.1. The lowest BCUT2D eigenvalue weighted by Crippen LogP contribution is -2.62. The molecule has 2 rings (SSSR count). The minimum Gasteiger partial charge on any atom is -0.395 e.